The SMILES string of the molecule is CC[C@H](C)[C@@H]1NC(=O)N(Cc2ccnc(-c3ccccc3)c2)C1=O. The van der Waals surface area contributed by atoms with Gasteiger partial charge >= 0.3 is 6.03 Å². The highest BCUT2D eigenvalue weighted by atomic mass is 16.2. The zero-order chi connectivity index (χ0) is 17.1. The summed E-state index contributed by atoms with van der Waals surface area (Å²) in [7, 11) is 0. The molecular formula is C19H21N3O2. The summed E-state index contributed by atoms with van der Waals surface area (Å²) in [4.78, 5) is 30.3. The molecular weight excluding hydrogens is 302 g/mol. The van der Waals surface area contributed by atoms with E-state index < -0.39 is 6.04 Å². The molecule has 124 valence electrons. The molecule has 2 aromatic rings. The first kappa shape index (κ1) is 16.2. The first-order valence-corrected chi connectivity index (χ1v) is 8.22. The van der Waals surface area contributed by atoms with Gasteiger partial charge in [0.15, 0.2) is 0 Å². The lowest BCUT2D eigenvalue weighted by Gasteiger charge is -2.16. The molecule has 1 aromatic carbocycles. The van der Waals surface area contributed by atoms with E-state index in [0.717, 1.165) is 23.2 Å². The minimum absolute atomic E-state index is 0.128. The highest BCUT2D eigenvalue weighted by Crippen LogP contribution is 2.21. The Morgan fingerprint density at radius 1 is 1.21 bits per heavy atom. The number of aromatic nitrogens is 1. The van der Waals surface area contributed by atoms with Crippen molar-refractivity contribution in [2.45, 2.75) is 32.9 Å². The summed E-state index contributed by atoms with van der Waals surface area (Å²) in [5.41, 5.74) is 2.73. The molecule has 1 aliphatic rings. The molecule has 1 saturated heterocycles. The molecule has 2 atom stereocenters. The highest BCUT2D eigenvalue weighted by Gasteiger charge is 2.40. The lowest BCUT2D eigenvalue weighted by molar-refractivity contribution is -0.128. The standard InChI is InChI=1S/C19H21N3O2/c1-3-13(2)17-18(23)22(19(24)21-17)12-14-9-10-20-16(11-14)15-7-5-4-6-8-15/h4-11,13,17H,3,12H2,1-2H3,(H,21,24)/t13-,17-/m0/s1. The third-order valence-electron chi connectivity index (χ3n) is 4.50. The molecule has 1 N–H and O–H groups in total. The molecule has 0 aliphatic carbocycles. The molecule has 5 heteroatoms. The molecule has 24 heavy (non-hydrogen) atoms. The number of urea groups is 1. The Morgan fingerprint density at radius 2 is 1.96 bits per heavy atom. The van der Waals surface area contributed by atoms with E-state index in [1.807, 2.05) is 56.3 Å². The second kappa shape index (κ2) is 6.83. The zero-order valence-corrected chi connectivity index (χ0v) is 13.9. The average Bonchev–Trinajstić information content (AvgIpc) is 2.90. The predicted octanol–water partition coefficient (Wildman–Crippen LogP) is 3.22. The Bertz CT molecular complexity index is 745. The minimum atomic E-state index is -0.419. The molecule has 0 radical (unpaired) electrons. The first-order valence-electron chi connectivity index (χ1n) is 8.22. The number of carbonyl (C=O) groups is 2. The number of nitrogens with zero attached hydrogens (tertiary/aromatic N) is 2. The Kier molecular flexibility index (Phi) is 4.60. The molecule has 0 spiro atoms. The number of hydrogen-bond acceptors (Lipinski definition) is 3. The number of rotatable bonds is 5. The van der Waals surface area contributed by atoms with Crippen molar-refractivity contribution in [1.29, 1.82) is 0 Å². The van der Waals surface area contributed by atoms with Crippen LogP contribution in [0.3, 0.4) is 0 Å². The van der Waals surface area contributed by atoms with Crippen LogP contribution in [0.5, 0.6) is 0 Å². The van der Waals surface area contributed by atoms with E-state index >= 15 is 0 Å². The summed E-state index contributed by atoms with van der Waals surface area (Å²) < 4.78 is 0. The Balaban J connectivity index is 1.79. The number of carbonyl (C=O) groups excluding carboxylic acids is 2. The van der Waals surface area contributed by atoms with E-state index in [2.05, 4.69) is 10.3 Å². The summed E-state index contributed by atoms with van der Waals surface area (Å²) in [5.74, 6) is -0.0174. The van der Waals surface area contributed by atoms with Gasteiger partial charge in [0, 0.05) is 11.8 Å². The van der Waals surface area contributed by atoms with Crippen molar-refractivity contribution in [2.24, 2.45) is 5.92 Å². The van der Waals surface area contributed by atoms with Crippen LogP contribution in [0.2, 0.25) is 0 Å². The fourth-order valence-corrected chi connectivity index (χ4v) is 2.83. The molecule has 0 unspecified atom stereocenters. The lowest BCUT2D eigenvalue weighted by atomic mass is 9.99. The Morgan fingerprint density at radius 3 is 2.67 bits per heavy atom. The third kappa shape index (κ3) is 3.15. The summed E-state index contributed by atoms with van der Waals surface area (Å²) in [5, 5.41) is 2.79. The van der Waals surface area contributed by atoms with Crippen molar-refractivity contribution in [3.63, 3.8) is 0 Å². The average molecular weight is 323 g/mol. The summed E-state index contributed by atoms with van der Waals surface area (Å²) in [6, 6.07) is 12.9. The van der Waals surface area contributed by atoms with Gasteiger partial charge in [0.25, 0.3) is 5.91 Å². The molecule has 2 heterocycles. The topological polar surface area (TPSA) is 62.3 Å². The normalized spacial score (nSPS) is 18.6. The van der Waals surface area contributed by atoms with Gasteiger partial charge in [0.2, 0.25) is 0 Å². The fraction of sp³-hybridized carbons (Fsp3) is 0.316. The van der Waals surface area contributed by atoms with E-state index in [9.17, 15) is 9.59 Å². The molecule has 3 amide bonds. The summed E-state index contributed by atoms with van der Waals surface area (Å²) in [6.07, 6.45) is 2.56. The van der Waals surface area contributed by atoms with Crippen LogP contribution in [0.25, 0.3) is 11.3 Å². The van der Waals surface area contributed by atoms with Gasteiger partial charge in [-0.25, -0.2) is 4.79 Å². The number of nitrogens with one attached hydrogen (secondary N) is 1. The molecule has 0 bridgehead atoms. The van der Waals surface area contributed by atoms with Crippen molar-refractivity contribution >= 4 is 11.9 Å². The Labute approximate surface area is 141 Å². The van der Waals surface area contributed by atoms with E-state index in [1.165, 1.54) is 4.90 Å². The lowest BCUT2D eigenvalue weighted by Crippen LogP contribution is -2.35. The highest BCUT2D eigenvalue weighted by molar-refractivity contribution is 6.04. The van der Waals surface area contributed by atoms with Gasteiger partial charge in [-0.05, 0) is 23.6 Å². The monoisotopic (exact) mass is 323 g/mol. The number of hydrogen-bond donors (Lipinski definition) is 1. The largest absolute Gasteiger partial charge is 0.326 e. The van der Waals surface area contributed by atoms with Gasteiger partial charge in [-0.1, -0.05) is 50.6 Å². The molecule has 3 rings (SSSR count). The van der Waals surface area contributed by atoms with Crippen LogP contribution in [-0.4, -0.2) is 27.9 Å². The maximum atomic E-state index is 12.5. The van der Waals surface area contributed by atoms with Crippen LogP contribution in [0.4, 0.5) is 4.79 Å². The van der Waals surface area contributed by atoms with Crippen LogP contribution >= 0.6 is 0 Å². The predicted molar refractivity (Wildman–Crippen MR) is 92.0 cm³/mol. The van der Waals surface area contributed by atoms with Gasteiger partial charge in [-0.3, -0.25) is 14.7 Å². The maximum Gasteiger partial charge on any atom is 0.325 e. The van der Waals surface area contributed by atoms with Gasteiger partial charge in [0.05, 0.1) is 12.2 Å². The van der Waals surface area contributed by atoms with E-state index in [0.29, 0.717) is 0 Å². The zero-order valence-electron chi connectivity index (χ0n) is 13.9. The van der Waals surface area contributed by atoms with Crippen LogP contribution in [0, 0.1) is 5.92 Å². The van der Waals surface area contributed by atoms with E-state index in [-0.39, 0.29) is 24.4 Å². The van der Waals surface area contributed by atoms with Gasteiger partial charge in [0.1, 0.15) is 6.04 Å². The first-order chi connectivity index (χ1) is 11.6. The Hall–Kier alpha value is -2.69. The molecule has 5 nitrogen and oxygen atoms in total. The van der Waals surface area contributed by atoms with Gasteiger partial charge < -0.3 is 5.32 Å². The summed E-state index contributed by atoms with van der Waals surface area (Å²) in [6.45, 7) is 4.26. The molecule has 1 fully saturated rings. The minimum Gasteiger partial charge on any atom is -0.326 e. The van der Waals surface area contributed by atoms with E-state index in [4.69, 9.17) is 0 Å². The fourth-order valence-electron chi connectivity index (χ4n) is 2.83. The quantitative estimate of drug-likeness (QED) is 0.859. The summed E-state index contributed by atoms with van der Waals surface area (Å²) >= 11 is 0. The molecule has 1 aliphatic heterocycles. The van der Waals surface area contributed by atoms with Crippen molar-refractivity contribution in [1.82, 2.24) is 15.2 Å². The van der Waals surface area contributed by atoms with Gasteiger partial charge in [-0.15, -0.1) is 0 Å². The second-order valence-corrected chi connectivity index (χ2v) is 6.15. The van der Waals surface area contributed by atoms with Crippen molar-refractivity contribution in [3.05, 3.63) is 54.2 Å². The van der Waals surface area contributed by atoms with Crippen molar-refractivity contribution in [2.75, 3.05) is 0 Å². The molecule has 0 saturated carbocycles. The van der Waals surface area contributed by atoms with Crippen LogP contribution in [-0.2, 0) is 11.3 Å². The smallest absolute Gasteiger partial charge is 0.325 e. The van der Waals surface area contributed by atoms with E-state index in [1.54, 1.807) is 6.20 Å². The van der Waals surface area contributed by atoms with Crippen LogP contribution < -0.4 is 5.32 Å². The maximum absolute atomic E-state index is 12.5. The van der Waals surface area contributed by atoms with Gasteiger partial charge in [-0.2, -0.15) is 0 Å². The van der Waals surface area contributed by atoms with Crippen LogP contribution in [0.1, 0.15) is 25.8 Å². The number of amides is 3. The molecule has 1 aromatic heterocycles. The van der Waals surface area contributed by atoms with Crippen molar-refractivity contribution in [3.8, 4) is 11.3 Å². The second-order valence-electron chi connectivity index (χ2n) is 6.15. The number of pyridine rings is 1. The number of benzene rings is 1. The number of imide groups is 1. The van der Waals surface area contributed by atoms with Crippen LogP contribution in [0.15, 0.2) is 48.7 Å². The van der Waals surface area contributed by atoms with Crippen molar-refractivity contribution < 1.29 is 9.59 Å². The third-order valence-corrected chi connectivity index (χ3v) is 4.50.